The molecule has 2 aromatic heterocycles. The molecule has 2 heterocycles. The molecule has 0 aliphatic carbocycles. The molecule has 10 heteroatoms. The molecule has 0 radical (unpaired) electrons. The Bertz CT molecular complexity index is 913. The average Bonchev–Trinajstić information content (AvgIpc) is 2.42. The summed E-state index contributed by atoms with van der Waals surface area (Å²) >= 11 is 0. The van der Waals surface area contributed by atoms with Gasteiger partial charge in [-0.05, 0) is 12.1 Å². The average molecular weight is 312 g/mol. The van der Waals surface area contributed by atoms with Gasteiger partial charge in [0.1, 0.15) is 0 Å². The Morgan fingerprint density at radius 3 is 2.57 bits per heavy atom. The molecule has 0 bridgehead atoms. The number of hydrogen-bond donors (Lipinski definition) is 2. The second-order valence-corrected chi connectivity index (χ2v) is 5.88. The first kappa shape index (κ1) is 14.8. The van der Waals surface area contributed by atoms with Crippen LogP contribution in [0.15, 0.2) is 39.0 Å². The third-order valence-electron chi connectivity index (χ3n) is 2.72. The van der Waals surface area contributed by atoms with Gasteiger partial charge >= 0.3 is 5.69 Å². The second kappa shape index (κ2) is 5.05. The van der Waals surface area contributed by atoms with Crippen LogP contribution in [0.25, 0.3) is 0 Å². The minimum atomic E-state index is -4.29. The smallest absolute Gasteiger partial charge is 0.330 e. The summed E-state index contributed by atoms with van der Waals surface area (Å²) < 4.78 is 28.0. The lowest BCUT2D eigenvalue weighted by atomic mass is 10.4. The molecular formula is C11H12N4O5S. The topological polar surface area (TPSA) is 123 Å². The Hall–Kier alpha value is -2.62. The van der Waals surface area contributed by atoms with Gasteiger partial charge in [0.2, 0.25) is 0 Å². The molecule has 21 heavy (non-hydrogen) atoms. The number of rotatable bonds is 3. The van der Waals surface area contributed by atoms with E-state index in [0.29, 0.717) is 4.57 Å². The fraction of sp³-hybridized carbons (Fsp3) is 0.182. The maximum atomic E-state index is 12.2. The minimum absolute atomic E-state index is 0.312. The van der Waals surface area contributed by atoms with Crippen molar-refractivity contribution in [1.29, 1.82) is 0 Å². The van der Waals surface area contributed by atoms with Gasteiger partial charge in [0, 0.05) is 26.5 Å². The number of pyridine rings is 1. The van der Waals surface area contributed by atoms with Crippen molar-refractivity contribution in [3.63, 3.8) is 0 Å². The maximum Gasteiger partial charge on any atom is 0.330 e. The first-order valence-corrected chi connectivity index (χ1v) is 7.16. The number of nitrogens with one attached hydrogen (secondary N) is 1. The van der Waals surface area contributed by atoms with Crippen LogP contribution in [0.3, 0.4) is 0 Å². The molecule has 0 aliphatic heterocycles. The lowest BCUT2D eigenvalue weighted by molar-refractivity contribution is 0.475. The van der Waals surface area contributed by atoms with Gasteiger partial charge in [-0.3, -0.25) is 14.1 Å². The molecule has 0 aromatic carbocycles. The molecule has 0 unspecified atom stereocenters. The number of aromatic nitrogens is 3. The van der Waals surface area contributed by atoms with Crippen LogP contribution in [0.5, 0.6) is 5.75 Å². The van der Waals surface area contributed by atoms with E-state index in [2.05, 4.69) is 4.98 Å². The van der Waals surface area contributed by atoms with Gasteiger partial charge in [0.25, 0.3) is 15.6 Å². The molecule has 0 saturated heterocycles. The SMILES string of the molecule is Cn1cc(S(=O)(=O)Nc2ncccc2O)c(=O)n(C)c1=O. The van der Waals surface area contributed by atoms with E-state index in [0.717, 1.165) is 10.8 Å². The highest BCUT2D eigenvalue weighted by Gasteiger charge is 2.23. The van der Waals surface area contributed by atoms with Crippen molar-refractivity contribution >= 4 is 15.8 Å². The summed E-state index contributed by atoms with van der Waals surface area (Å²) in [5.41, 5.74) is -1.62. The monoisotopic (exact) mass is 312 g/mol. The zero-order chi connectivity index (χ0) is 15.8. The van der Waals surface area contributed by atoms with Crippen molar-refractivity contribution in [3.8, 4) is 5.75 Å². The Balaban J connectivity index is 2.59. The lowest BCUT2D eigenvalue weighted by Crippen LogP contribution is -2.40. The fourth-order valence-electron chi connectivity index (χ4n) is 1.62. The highest BCUT2D eigenvalue weighted by Crippen LogP contribution is 2.20. The van der Waals surface area contributed by atoms with E-state index in [1.165, 1.54) is 32.4 Å². The van der Waals surface area contributed by atoms with E-state index in [1.54, 1.807) is 0 Å². The van der Waals surface area contributed by atoms with E-state index in [9.17, 15) is 23.1 Å². The van der Waals surface area contributed by atoms with Gasteiger partial charge in [0.15, 0.2) is 16.5 Å². The van der Waals surface area contributed by atoms with Crippen molar-refractivity contribution < 1.29 is 13.5 Å². The van der Waals surface area contributed by atoms with Crippen molar-refractivity contribution in [2.24, 2.45) is 14.1 Å². The fourth-order valence-corrected chi connectivity index (χ4v) is 2.80. The first-order chi connectivity index (χ1) is 9.74. The molecule has 2 aromatic rings. The van der Waals surface area contributed by atoms with E-state index in [1.807, 2.05) is 4.72 Å². The van der Waals surface area contributed by atoms with Crippen LogP contribution >= 0.6 is 0 Å². The second-order valence-electron chi connectivity index (χ2n) is 4.23. The van der Waals surface area contributed by atoms with E-state index in [4.69, 9.17) is 0 Å². The first-order valence-electron chi connectivity index (χ1n) is 5.67. The maximum absolute atomic E-state index is 12.2. The molecule has 0 aliphatic rings. The zero-order valence-electron chi connectivity index (χ0n) is 11.1. The Labute approximate surface area is 119 Å². The van der Waals surface area contributed by atoms with Crippen LogP contribution in [-0.2, 0) is 24.1 Å². The van der Waals surface area contributed by atoms with E-state index >= 15 is 0 Å². The number of aryl methyl sites for hydroxylation is 1. The molecule has 2 rings (SSSR count). The van der Waals surface area contributed by atoms with Crippen LogP contribution in [0.4, 0.5) is 5.82 Å². The van der Waals surface area contributed by atoms with Gasteiger partial charge in [0.05, 0.1) is 0 Å². The molecule has 0 amide bonds. The molecule has 112 valence electrons. The van der Waals surface area contributed by atoms with Crippen molar-refractivity contribution in [1.82, 2.24) is 14.1 Å². The standard InChI is InChI=1S/C11H12N4O5S/c1-14-6-8(10(17)15(2)11(14)18)21(19,20)13-9-7(16)4-3-5-12-9/h3-6,16H,1-2H3,(H,12,13). The van der Waals surface area contributed by atoms with Crippen LogP contribution in [0.1, 0.15) is 0 Å². The number of sulfonamides is 1. The summed E-state index contributed by atoms with van der Waals surface area (Å²) in [5.74, 6) is -0.698. The number of hydrogen-bond acceptors (Lipinski definition) is 6. The van der Waals surface area contributed by atoms with Gasteiger partial charge in [-0.1, -0.05) is 0 Å². The molecule has 0 fully saturated rings. The molecular weight excluding hydrogens is 300 g/mol. The third-order valence-corrected chi connectivity index (χ3v) is 4.04. The quantitative estimate of drug-likeness (QED) is 0.748. The van der Waals surface area contributed by atoms with Crippen molar-refractivity contribution in [2.75, 3.05) is 4.72 Å². The van der Waals surface area contributed by atoms with Crippen molar-refractivity contribution in [3.05, 3.63) is 45.4 Å². The van der Waals surface area contributed by atoms with E-state index < -0.39 is 26.2 Å². The number of aromatic hydroxyl groups is 1. The molecule has 0 atom stereocenters. The number of nitrogens with zero attached hydrogens (tertiary/aromatic N) is 3. The highest BCUT2D eigenvalue weighted by molar-refractivity contribution is 7.92. The van der Waals surface area contributed by atoms with Gasteiger partial charge in [-0.2, -0.15) is 0 Å². The van der Waals surface area contributed by atoms with Crippen LogP contribution < -0.4 is 16.0 Å². The third kappa shape index (κ3) is 2.65. The molecule has 0 saturated carbocycles. The Morgan fingerprint density at radius 2 is 1.95 bits per heavy atom. The normalized spacial score (nSPS) is 11.3. The van der Waals surface area contributed by atoms with Crippen LogP contribution in [0.2, 0.25) is 0 Å². The number of anilines is 1. The zero-order valence-corrected chi connectivity index (χ0v) is 12.0. The summed E-state index contributed by atoms with van der Waals surface area (Å²) in [4.78, 5) is 26.5. The van der Waals surface area contributed by atoms with Gasteiger partial charge in [-0.15, -0.1) is 0 Å². The largest absolute Gasteiger partial charge is 0.504 e. The minimum Gasteiger partial charge on any atom is -0.504 e. The van der Waals surface area contributed by atoms with Gasteiger partial charge < -0.3 is 9.67 Å². The Kier molecular flexibility index (Phi) is 3.56. The summed E-state index contributed by atoms with van der Waals surface area (Å²) in [6.07, 6.45) is 2.18. The van der Waals surface area contributed by atoms with Crippen LogP contribution in [0, 0.1) is 0 Å². The van der Waals surface area contributed by atoms with E-state index in [-0.39, 0.29) is 11.6 Å². The Morgan fingerprint density at radius 1 is 1.29 bits per heavy atom. The molecule has 2 N–H and O–H groups in total. The summed E-state index contributed by atoms with van der Waals surface area (Å²) in [6, 6.07) is 2.65. The molecule has 9 nitrogen and oxygen atoms in total. The van der Waals surface area contributed by atoms with Crippen LogP contribution in [-0.4, -0.2) is 27.6 Å². The summed E-state index contributed by atoms with van der Waals surface area (Å²) in [5, 5.41) is 9.52. The summed E-state index contributed by atoms with van der Waals surface area (Å²) in [7, 11) is -1.81. The lowest BCUT2D eigenvalue weighted by Gasteiger charge is -2.10. The van der Waals surface area contributed by atoms with Crippen molar-refractivity contribution in [2.45, 2.75) is 4.90 Å². The molecule has 0 spiro atoms. The summed E-state index contributed by atoms with van der Waals surface area (Å²) in [6.45, 7) is 0. The van der Waals surface area contributed by atoms with Gasteiger partial charge in [-0.25, -0.2) is 18.2 Å². The highest BCUT2D eigenvalue weighted by atomic mass is 32.2. The predicted octanol–water partition coefficient (Wildman–Crippen LogP) is -1.01. The predicted molar refractivity (Wildman–Crippen MR) is 73.6 cm³/mol.